The van der Waals surface area contributed by atoms with Crippen molar-refractivity contribution in [2.75, 3.05) is 13.6 Å². The Kier molecular flexibility index (Phi) is 3.66. The molecule has 1 N–H and O–H groups in total. The summed E-state index contributed by atoms with van der Waals surface area (Å²) < 4.78 is 3.98. The lowest BCUT2D eigenvalue weighted by Gasteiger charge is -2.24. The Hall–Kier alpha value is -3.71. The molecule has 7 nitrogen and oxygen atoms in total. The summed E-state index contributed by atoms with van der Waals surface area (Å²) >= 11 is 0. The number of aromatic amines is 1. The van der Waals surface area contributed by atoms with Crippen LogP contribution in [0.1, 0.15) is 11.3 Å². The number of fused-ring (bicyclic) bond motifs is 3. The highest BCUT2D eigenvalue weighted by Gasteiger charge is 2.20. The van der Waals surface area contributed by atoms with E-state index in [1.807, 2.05) is 41.6 Å². The van der Waals surface area contributed by atoms with Gasteiger partial charge in [-0.15, -0.1) is 0 Å². The molecule has 5 aromatic rings. The van der Waals surface area contributed by atoms with Gasteiger partial charge in [-0.1, -0.05) is 12.7 Å². The maximum absolute atomic E-state index is 4.70. The van der Waals surface area contributed by atoms with E-state index in [4.69, 9.17) is 4.98 Å². The minimum Gasteiger partial charge on any atom is -0.346 e. The number of hydrogen-bond donors (Lipinski definition) is 1. The molecule has 0 atom stereocenters. The van der Waals surface area contributed by atoms with Crippen LogP contribution in [-0.4, -0.2) is 47.9 Å². The van der Waals surface area contributed by atoms with Crippen LogP contribution < -0.4 is 0 Å². The highest BCUT2D eigenvalue weighted by Crippen LogP contribution is 2.33. The van der Waals surface area contributed by atoms with Gasteiger partial charge in [0.15, 0.2) is 0 Å². The van der Waals surface area contributed by atoms with Gasteiger partial charge >= 0.3 is 0 Å². The summed E-state index contributed by atoms with van der Waals surface area (Å²) in [5.74, 6) is 0. The second-order valence-corrected chi connectivity index (χ2v) is 7.84. The standard InChI is InChI=1S/C23H21N7/c1-3-15-11-26-29-5-4-16(9-21(15)29)19-12-25-23-18(19)8-17(10-24-23)20-13-27-30-7-6-28(2)14-22(20)30/h3-5,8-13H,1,6-7,14H2,2H3,(H,24,25). The number of nitrogens with one attached hydrogen (secondary N) is 1. The molecule has 0 aliphatic carbocycles. The molecule has 7 heteroatoms. The molecule has 0 aromatic carbocycles. The Morgan fingerprint density at radius 1 is 1.07 bits per heavy atom. The van der Waals surface area contributed by atoms with Gasteiger partial charge in [-0.2, -0.15) is 10.2 Å². The van der Waals surface area contributed by atoms with E-state index < -0.39 is 0 Å². The lowest BCUT2D eigenvalue weighted by Crippen LogP contribution is -2.30. The van der Waals surface area contributed by atoms with Gasteiger partial charge in [-0.3, -0.25) is 9.58 Å². The number of pyridine rings is 2. The molecule has 1 aliphatic rings. The zero-order chi connectivity index (χ0) is 20.2. The third-order valence-electron chi connectivity index (χ3n) is 5.99. The molecule has 30 heavy (non-hydrogen) atoms. The van der Waals surface area contributed by atoms with Crippen molar-refractivity contribution in [2.45, 2.75) is 13.1 Å². The Bertz CT molecular complexity index is 1420. The molecule has 0 unspecified atom stereocenters. The average molecular weight is 395 g/mol. The molecule has 0 saturated heterocycles. The van der Waals surface area contributed by atoms with Gasteiger partial charge in [0.2, 0.25) is 0 Å². The second-order valence-electron chi connectivity index (χ2n) is 7.84. The Labute approximate surface area is 173 Å². The van der Waals surface area contributed by atoms with Crippen LogP contribution in [0, 0.1) is 0 Å². The average Bonchev–Trinajstić information content (AvgIpc) is 3.48. The lowest BCUT2D eigenvalue weighted by molar-refractivity contribution is 0.259. The molecule has 0 saturated carbocycles. The van der Waals surface area contributed by atoms with Crippen molar-refractivity contribution in [1.29, 1.82) is 0 Å². The number of likely N-dealkylation sites (N-methyl/N-ethyl adjacent to an activating group) is 1. The zero-order valence-electron chi connectivity index (χ0n) is 16.7. The molecule has 0 fully saturated rings. The fraction of sp³-hybridized carbons (Fsp3) is 0.174. The Balaban J connectivity index is 1.50. The normalized spacial score (nSPS) is 14.4. The molecule has 0 bridgehead atoms. The number of rotatable bonds is 3. The first-order valence-corrected chi connectivity index (χ1v) is 10.0. The number of aromatic nitrogens is 6. The second kappa shape index (κ2) is 6.40. The van der Waals surface area contributed by atoms with E-state index in [9.17, 15) is 0 Å². The molecule has 6 heterocycles. The molecular weight excluding hydrogens is 374 g/mol. The van der Waals surface area contributed by atoms with Crippen molar-refractivity contribution >= 4 is 22.6 Å². The minimum atomic E-state index is 0.879. The molecule has 5 aromatic heterocycles. The van der Waals surface area contributed by atoms with Gasteiger partial charge in [0.05, 0.1) is 30.1 Å². The predicted molar refractivity (Wildman–Crippen MR) is 118 cm³/mol. The summed E-state index contributed by atoms with van der Waals surface area (Å²) in [5.41, 5.74) is 8.67. The van der Waals surface area contributed by atoms with Crippen LogP contribution in [0.2, 0.25) is 0 Å². The topological polar surface area (TPSA) is 67.0 Å². The smallest absolute Gasteiger partial charge is 0.137 e. The van der Waals surface area contributed by atoms with Crippen LogP contribution in [0.25, 0.3) is 44.9 Å². The van der Waals surface area contributed by atoms with E-state index in [2.05, 4.69) is 56.6 Å². The van der Waals surface area contributed by atoms with Gasteiger partial charge in [0, 0.05) is 59.3 Å². The van der Waals surface area contributed by atoms with Crippen molar-refractivity contribution < 1.29 is 0 Å². The summed E-state index contributed by atoms with van der Waals surface area (Å²) in [6, 6.07) is 6.45. The monoisotopic (exact) mass is 395 g/mol. The molecule has 6 rings (SSSR count). The van der Waals surface area contributed by atoms with Crippen LogP contribution in [-0.2, 0) is 13.1 Å². The van der Waals surface area contributed by atoms with E-state index in [1.165, 1.54) is 5.69 Å². The maximum Gasteiger partial charge on any atom is 0.137 e. The van der Waals surface area contributed by atoms with Gasteiger partial charge in [-0.25, -0.2) is 9.50 Å². The summed E-state index contributed by atoms with van der Waals surface area (Å²) in [6.07, 6.45) is 11.6. The summed E-state index contributed by atoms with van der Waals surface area (Å²) in [6.45, 7) is 6.74. The van der Waals surface area contributed by atoms with E-state index in [0.717, 1.165) is 64.0 Å². The van der Waals surface area contributed by atoms with Crippen molar-refractivity contribution in [3.8, 4) is 22.3 Å². The van der Waals surface area contributed by atoms with Gasteiger partial charge < -0.3 is 4.98 Å². The fourth-order valence-corrected chi connectivity index (χ4v) is 4.33. The van der Waals surface area contributed by atoms with E-state index in [0.29, 0.717) is 0 Å². The summed E-state index contributed by atoms with van der Waals surface area (Å²) in [4.78, 5) is 10.3. The third kappa shape index (κ3) is 2.52. The van der Waals surface area contributed by atoms with E-state index >= 15 is 0 Å². The minimum absolute atomic E-state index is 0.879. The number of hydrogen-bond acceptors (Lipinski definition) is 4. The molecule has 0 amide bonds. The molecule has 0 spiro atoms. The quantitative estimate of drug-likeness (QED) is 0.504. The summed E-state index contributed by atoms with van der Waals surface area (Å²) in [7, 11) is 2.15. The largest absolute Gasteiger partial charge is 0.346 e. The predicted octanol–water partition coefficient (Wildman–Crippen LogP) is 3.83. The van der Waals surface area contributed by atoms with Gasteiger partial charge in [0.25, 0.3) is 0 Å². The van der Waals surface area contributed by atoms with E-state index in [1.54, 1.807) is 0 Å². The Morgan fingerprint density at radius 2 is 2.00 bits per heavy atom. The van der Waals surface area contributed by atoms with Crippen LogP contribution in [0.3, 0.4) is 0 Å². The fourth-order valence-electron chi connectivity index (χ4n) is 4.33. The van der Waals surface area contributed by atoms with Crippen LogP contribution in [0.5, 0.6) is 0 Å². The molecular formula is C23H21N7. The maximum atomic E-state index is 4.70. The molecule has 1 aliphatic heterocycles. The molecule has 148 valence electrons. The highest BCUT2D eigenvalue weighted by molar-refractivity contribution is 5.96. The molecule has 0 radical (unpaired) electrons. The van der Waals surface area contributed by atoms with Gasteiger partial charge in [0.1, 0.15) is 5.65 Å². The SMILES string of the molecule is C=Cc1cnn2ccc(-c3c[nH]c4ncc(-c5cnn6c5CN(C)CC6)cc34)cc12. The van der Waals surface area contributed by atoms with Crippen molar-refractivity contribution in [3.63, 3.8) is 0 Å². The first-order valence-electron chi connectivity index (χ1n) is 10.0. The van der Waals surface area contributed by atoms with Crippen LogP contribution in [0.15, 0.2) is 55.8 Å². The first kappa shape index (κ1) is 17.2. The van der Waals surface area contributed by atoms with Gasteiger partial charge in [-0.05, 0) is 30.8 Å². The van der Waals surface area contributed by atoms with Crippen molar-refractivity contribution in [1.82, 2.24) is 34.3 Å². The first-order chi connectivity index (χ1) is 14.7. The number of nitrogens with zero attached hydrogens (tertiary/aromatic N) is 6. The summed E-state index contributed by atoms with van der Waals surface area (Å²) in [5, 5.41) is 10.1. The Morgan fingerprint density at radius 3 is 2.90 bits per heavy atom. The van der Waals surface area contributed by atoms with Crippen LogP contribution in [0.4, 0.5) is 0 Å². The number of H-pyrrole nitrogens is 1. The van der Waals surface area contributed by atoms with Crippen molar-refractivity contribution in [3.05, 3.63) is 67.0 Å². The van der Waals surface area contributed by atoms with Crippen molar-refractivity contribution in [2.24, 2.45) is 0 Å². The van der Waals surface area contributed by atoms with E-state index in [-0.39, 0.29) is 0 Å². The zero-order valence-corrected chi connectivity index (χ0v) is 16.7. The lowest BCUT2D eigenvalue weighted by atomic mass is 10.0. The highest BCUT2D eigenvalue weighted by atomic mass is 15.3. The van der Waals surface area contributed by atoms with Crippen LogP contribution >= 0.6 is 0 Å². The third-order valence-corrected chi connectivity index (χ3v) is 5.99.